The molecule has 1 saturated heterocycles. The third kappa shape index (κ3) is 2.17. The molecule has 6 heteroatoms. The van der Waals surface area contributed by atoms with E-state index < -0.39 is 30.1 Å². The van der Waals surface area contributed by atoms with Gasteiger partial charge in [-0.1, -0.05) is 23.7 Å². The standard InChI is InChI=1S/C15H18ClF3N2/c16-11-3-1-2-9(12(11)19)10-4-21-15(13(10)20)5-14(6-15,7-17)8-18/h1-3,10,13,21H,4-8,20H2. The molecular weight excluding hydrogens is 301 g/mol. The van der Waals surface area contributed by atoms with E-state index in [2.05, 4.69) is 5.32 Å². The lowest BCUT2D eigenvalue weighted by atomic mass is 9.55. The molecule has 21 heavy (non-hydrogen) atoms. The highest BCUT2D eigenvalue weighted by atomic mass is 35.5. The van der Waals surface area contributed by atoms with Gasteiger partial charge in [0.15, 0.2) is 0 Å². The van der Waals surface area contributed by atoms with Crippen LogP contribution in [0.2, 0.25) is 5.02 Å². The van der Waals surface area contributed by atoms with Gasteiger partial charge in [0.1, 0.15) is 5.82 Å². The molecule has 0 radical (unpaired) electrons. The van der Waals surface area contributed by atoms with Crippen LogP contribution < -0.4 is 11.1 Å². The first kappa shape index (κ1) is 15.1. The van der Waals surface area contributed by atoms with Crippen molar-refractivity contribution in [1.29, 1.82) is 0 Å². The van der Waals surface area contributed by atoms with Gasteiger partial charge in [0, 0.05) is 29.5 Å². The summed E-state index contributed by atoms with van der Waals surface area (Å²) in [5.41, 5.74) is 5.35. The molecule has 0 amide bonds. The number of hydrogen-bond donors (Lipinski definition) is 2. The summed E-state index contributed by atoms with van der Waals surface area (Å²) in [6.07, 6.45) is 0.708. The molecule has 2 aliphatic rings. The fourth-order valence-electron chi connectivity index (χ4n) is 3.93. The number of halogens is 4. The van der Waals surface area contributed by atoms with Crippen molar-refractivity contribution in [2.75, 3.05) is 19.9 Å². The summed E-state index contributed by atoms with van der Waals surface area (Å²) in [5.74, 6) is -0.694. The monoisotopic (exact) mass is 318 g/mol. The zero-order valence-corrected chi connectivity index (χ0v) is 12.3. The van der Waals surface area contributed by atoms with Crippen molar-refractivity contribution in [2.45, 2.75) is 30.3 Å². The van der Waals surface area contributed by atoms with E-state index in [-0.39, 0.29) is 17.0 Å². The molecule has 2 unspecified atom stereocenters. The van der Waals surface area contributed by atoms with E-state index in [4.69, 9.17) is 17.3 Å². The van der Waals surface area contributed by atoms with E-state index in [1.54, 1.807) is 12.1 Å². The normalized spacial score (nSPS) is 29.6. The van der Waals surface area contributed by atoms with Gasteiger partial charge in [-0.05, 0) is 24.5 Å². The second-order valence-corrected chi connectivity index (χ2v) is 6.84. The molecule has 1 aliphatic carbocycles. The van der Waals surface area contributed by atoms with E-state index in [0.717, 1.165) is 0 Å². The van der Waals surface area contributed by atoms with Crippen molar-refractivity contribution in [1.82, 2.24) is 5.32 Å². The van der Waals surface area contributed by atoms with Crippen LogP contribution in [0.15, 0.2) is 18.2 Å². The molecule has 1 aliphatic heterocycles. The molecular formula is C15H18ClF3N2. The zero-order valence-electron chi connectivity index (χ0n) is 11.5. The lowest BCUT2D eigenvalue weighted by Crippen LogP contribution is -2.66. The minimum absolute atomic E-state index is 0.0659. The molecule has 116 valence electrons. The predicted molar refractivity (Wildman–Crippen MR) is 76.5 cm³/mol. The van der Waals surface area contributed by atoms with E-state index in [9.17, 15) is 13.2 Å². The lowest BCUT2D eigenvalue weighted by molar-refractivity contribution is -0.0350. The lowest BCUT2D eigenvalue weighted by Gasteiger charge is -2.54. The van der Waals surface area contributed by atoms with Gasteiger partial charge in [-0.15, -0.1) is 0 Å². The van der Waals surface area contributed by atoms with E-state index >= 15 is 0 Å². The Kier molecular flexibility index (Phi) is 3.71. The fourth-order valence-corrected chi connectivity index (χ4v) is 4.11. The Morgan fingerprint density at radius 1 is 1.29 bits per heavy atom. The molecule has 2 nitrogen and oxygen atoms in total. The van der Waals surface area contributed by atoms with Crippen molar-refractivity contribution >= 4 is 11.6 Å². The van der Waals surface area contributed by atoms with Crippen LogP contribution in [0, 0.1) is 11.2 Å². The van der Waals surface area contributed by atoms with Gasteiger partial charge in [0.2, 0.25) is 0 Å². The SMILES string of the molecule is NC1C(c2cccc(Cl)c2F)CNC12CC(CF)(CF)C2. The first-order valence-corrected chi connectivity index (χ1v) is 7.41. The van der Waals surface area contributed by atoms with Gasteiger partial charge in [-0.3, -0.25) is 8.78 Å². The van der Waals surface area contributed by atoms with Gasteiger partial charge < -0.3 is 11.1 Å². The number of alkyl halides is 2. The summed E-state index contributed by atoms with van der Waals surface area (Å²) >= 11 is 5.81. The Morgan fingerprint density at radius 3 is 2.57 bits per heavy atom. The van der Waals surface area contributed by atoms with Crippen molar-refractivity contribution < 1.29 is 13.2 Å². The number of rotatable bonds is 3. The Bertz CT molecular complexity index is 540. The maximum Gasteiger partial charge on any atom is 0.145 e. The minimum Gasteiger partial charge on any atom is -0.326 e. The molecule has 2 atom stereocenters. The number of benzene rings is 1. The molecule has 3 rings (SSSR count). The molecule has 1 aromatic rings. The summed E-state index contributed by atoms with van der Waals surface area (Å²) in [6, 6.07) is 4.47. The number of nitrogens with two attached hydrogens (primary N) is 1. The topological polar surface area (TPSA) is 38.0 Å². The van der Waals surface area contributed by atoms with Gasteiger partial charge in [0.25, 0.3) is 0 Å². The molecule has 2 fully saturated rings. The Labute approximate surface area is 126 Å². The third-order valence-electron chi connectivity index (χ3n) is 5.07. The van der Waals surface area contributed by atoms with E-state index in [1.165, 1.54) is 6.07 Å². The highest BCUT2D eigenvalue weighted by molar-refractivity contribution is 6.30. The van der Waals surface area contributed by atoms with Gasteiger partial charge in [0.05, 0.1) is 18.4 Å². The van der Waals surface area contributed by atoms with Crippen LogP contribution in [0.1, 0.15) is 24.3 Å². The van der Waals surface area contributed by atoms with Crippen molar-refractivity contribution in [2.24, 2.45) is 11.1 Å². The quantitative estimate of drug-likeness (QED) is 0.899. The van der Waals surface area contributed by atoms with E-state index in [1.807, 2.05) is 0 Å². The van der Waals surface area contributed by atoms with Crippen LogP contribution in [0.25, 0.3) is 0 Å². The Morgan fingerprint density at radius 2 is 1.95 bits per heavy atom. The summed E-state index contributed by atoms with van der Waals surface area (Å²) < 4.78 is 40.2. The van der Waals surface area contributed by atoms with Crippen LogP contribution in [0.4, 0.5) is 13.2 Å². The van der Waals surface area contributed by atoms with Crippen molar-refractivity contribution in [3.8, 4) is 0 Å². The Balaban J connectivity index is 1.82. The predicted octanol–water partition coefficient (Wildman–Crippen LogP) is 2.95. The highest BCUT2D eigenvalue weighted by Crippen LogP contribution is 2.54. The smallest absolute Gasteiger partial charge is 0.145 e. The highest BCUT2D eigenvalue weighted by Gasteiger charge is 2.61. The third-order valence-corrected chi connectivity index (χ3v) is 5.37. The summed E-state index contributed by atoms with van der Waals surface area (Å²) in [4.78, 5) is 0. The van der Waals surface area contributed by atoms with Crippen LogP contribution >= 0.6 is 11.6 Å². The van der Waals surface area contributed by atoms with Gasteiger partial charge in [-0.2, -0.15) is 0 Å². The average molecular weight is 319 g/mol. The molecule has 1 spiro atoms. The fraction of sp³-hybridized carbons (Fsp3) is 0.600. The van der Waals surface area contributed by atoms with Crippen molar-refractivity contribution in [3.05, 3.63) is 34.6 Å². The van der Waals surface area contributed by atoms with Crippen LogP contribution in [-0.2, 0) is 0 Å². The van der Waals surface area contributed by atoms with Gasteiger partial charge in [-0.25, -0.2) is 4.39 Å². The molecule has 3 N–H and O–H groups in total. The molecule has 1 heterocycles. The maximum absolute atomic E-state index is 14.1. The number of hydrogen-bond acceptors (Lipinski definition) is 2. The Hall–Kier alpha value is -0.780. The van der Waals surface area contributed by atoms with Gasteiger partial charge >= 0.3 is 0 Å². The molecule has 0 aromatic heterocycles. The molecule has 1 saturated carbocycles. The van der Waals surface area contributed by atoms with Crippen LogP contribution in [-0.4, -0.2) is 31.5 Å². The van der Waals surface area contributed by atoms with Crippen LogP contribution in [0.5, 0.6) is 0 Å². The van der Waals surface area contributed by atoms with Crippen LogP contribution in [0.3, 0.4) is 0 Å². The molecule has 1 aromatic carbocycles. The van der Waals surface area contributed by atoms with E-state index in [0.29, 0.717) is 24.9 Å². The molecule has 0 bridgehead atoms. The zero-order chi connectivity index (χ0) is 15.3. The maximum atomic E-state index is 14.1. The first-order chi connectivity index (χ1) is 9.97. The average Bonchev–Trinajstić information content (AvgIpc) is 2.77. The summed E-state index contributed by atoms with van der Waals surface area (Å²) in [6.45, 7) is -0.876. The summed E-state index contributed by atoms with van der Waals surface area (Å²) in [7, 11) is 0. The first-order valence-electron chi connectivity index (χ1n) is 7.03. The second kappa shape index (κ2) is 5.14. The van der Waals surface area contributed by atoms with Crippen molar-refractivity contribution in [3.63, 3.8) is 0 Å². The minimum atomic E-state index is -0.910. The largest absolute Gasteiger partial charge is 0.326 e. The second-order valence-electron chi connectivity index (χ2n) is 6.43. The number of nitrogens with one attached hydrogen (secondary N) is 1. The summed E-state index contributed by atoms with van der Waals surface area (Å²) in [5, 5.41) is 3.34.